The Bertz CT molecular complexity index is 524. The molecule has 0 unspecified atom stereocenters. The average molecular weight is 306 g/mol. The number of carbonyl (C=O) groups is 2. The molecule has 0 aromatic carbocycles. The molecule has 122 valence electrons. The summed E-state index contributed by atoms with van der Waals surface area (Å²) in [5.74, 6) is 1.60. The second kappa shape index (κ2) is 7.47. The zero-order chi connectivity index (χ0) is 16.1. The summed E-state index contributed by atoms with van der Waals surface area (Å²) in [5, 5.41) is 2.69. The van der Waals surface area contributed by atoms with E-state index in [-0.39, 0.29) is 17.9 Å². The third-order valence-corrected chi connectivity index (χ3v) is 4.19. The Hall–Kier alpha value is -1.78. The van der Waals surface area contributed by atoms with Crippen molar-refractivity contribution in [1.82, 2.24) is 10.2 Å². The minimum Gasteiger partial charge on any atom is -0.464 e. The molecule has 0 aliphatic carbocycles. The van der Waals surface area contributed by atoms with Crippen molar-refractivity contribution >= 4 is 11.8 Å². The average Bonchev–Trinajstić information content (AvgIpc) is 2.82. The van der Waals surface area contributed by atoms with E-state index in [1.54, 1.807) is 6.92 Å². The van der Waals surface area contributed by atoms with E-state index in [0.717, 1.165) is 50.2 Å². The summed E-state index contributed by atoms with van der Waals surface area (Å²) in [6.07, 6.45) is 4.97. The second-order valence-electron chi connectivity index (χ2n) is 5.98. The number of aryl methyl sites for hydroxylation is 1. The third kappa shape index (κ3) is 3.90. The van der Waals surface area contributed by atoms with Crippen molar-refractivity contribution in [2.24, 2.45) is 0 Å². The van der Waals surface area contributed by atoms with Crippen LogP contribution < -0.4 is 5.32 Å². The molecule has 1 aliphatic heterocycles. The summed E-state index contributed by atoms with van der Waals surface area (Å²) >= 11 is 0. The van der Waals surface area contributed by atoms with Gasteiger partial charge in [-0.1, -0.05) is 19.8 Å². The van der Waals surface area contributed by atoms with Crippen LogP contribution in [0, 0.1) is 0 Å². The first kappa shape index (κ1) is 16.6. The smallest absolute Gasteiger partial charge is 0.245 e. The van der Waals surface area contributed by atoms with Gasteiger partial charge in [-0.25, -0.2) is 0 Å². The van der Waals surface area contributed by atoms with Crippen molar-refractivity contribution in [2.75, 3.05) is 6.54 Å². The first-order valence-corrected chi connectivity index (χ1v) is 8.19. The number of rotatable bonds is 4. The maximum absolute atomic E-state index is 12.7. The lowest BCUT2D eigenvalue weighted by Crippen LogP contribution is -2.47. The molecule has 1 N–H and O–H groups in total. The van der Waals surface area contributed by atoms with E-state index in [1.807, 2.05) is 17.0 Å². The molecule has 1 fully saturated rings. The lowest BCUT2D eigenvalue weighted by Gasteiger charge is -2.31. The Balaban J connectivity index is 2.19. The maximum Gasteiger partial charge on any atom is 0.245 e. The molecule has 0 radical (unpaired) electrons. The van der Waals surface area contributed by atoms with Crippen molar-refractivity contribution in [1.29, 1.82) is 0 Å². The lowest BCUT2D eigenvalue weighted by atomic mass is 10.1. The molecular weight excluding hydrogens is 280 g/mol. The van der Waals surface area contributed by atoms with Gasteiger partial charge in [0.15, 0.2) is 0 Å². The normalized spacial score (nSPS) is 20.3. The van der Waals surface area contributed by atoms with Crippen molar-refractivity contribution in [3.63, 3.8) is 0 Å². The number of nitrogens with one attached hydrogen (secondary N) is 1. The monoisotopic (exact) mass is 306 g/mol. The Morgan fingerprint density at radius 3 is 2.77 bits per heavy atom. The van der Waals surface area contributed by atoms with Gasteiger partial charge in [0.05, 0.1) is 6.04 Å². The Labute approximate surface area is 132 Å². The SMILES string of the molecule is CCc1ccc([C@@H]2CCCCCN2C(=O)[C@H](C)NC(C)=O)o1. The Morgan fingerprint density at radius 1 is 1.36 bits per heavy atom. The van der Waals surface area contributed by atoms with Crippen molar-refractivity contribution in [2.45, 2.75) is 65.0 Å². The summed E-state index contributed by atoms with van der Waals surface area (Å²) in [6.45, 7) is 5.95. The van der Waals surface area contributed by atoms with E-state index in [1.165, 1.54) is 6.92 Å². The number of nitrogens with zero attached hydrogens (tertiary/aromatic N) is 1. The van der Waals surface area contributed by atoms with Crippen LogP contribution in [0.4, 0.5) is 0 Å². The van der Waals surface area contributed by atoms with Gasteiger partial charge in [0.25, 0.3) is 0 Å². The summed E-state index contributed by atoms with van der Waals surface area (Å²) < 4.78 is 5.89. The van der Waals surface area contributed by atoms with Crippen LogP contribution >= 0.6 is 0 Å². The number of hydrogen-bond acceptors (Lipinski definition) is 3. The zero-order valence-electron chi connectivity index (χ0n) is 13.7. The van der Waals surface area contributed by atoms with Crippen LogP contribution in [0.2, 0.25) is 0 Å². The highest BCUT2D eigenvalue weighted by molar-refractivity contribution is 5.86. The molecule has 2 amide bonds. The Morgan fingerprint density at radius 2 is 2.14 bits per heavy atom. The van der Waals surface area contributed by atoms with Crippen LogP contribution in [0.3, 0.4) is 0 Å². The van der Waals surface area contributed by atoms with Crippen LogP contribution in [0.5, 0.6) is 0 Å². The molecule has 1 saturated heterocycles. The van der Waals surface area contributed by atoms with Crippen molar-refractivity contribution in [3.8, 4) is 0 Å². The zero-order valence-corrected chi connectivity index (χ0v) is 13.7. The largest absolute Gasteiger partial charge is 0.464 e. The molecule has 1 aromatic heterocycles. The molecular formula is C17H26N2O3. The van der Waals surface area contributed by atoms with E-state index in [4.69, 9.17) is 4.42 Å². The summed E-state index contributed by atoms with van der Waals surface area (Å²) in [6, 6.07) is 3.45. The first-order valence-electron chi connectivity index (χ1n) is 8.19. The van der Waals surface area contributed by atoms with Gasteiger partial charge in [-0.15, -0.1) is 0 Å². The Kier molecular flexibility index (Phi) is 5.63. The molecule has 22 heavy (non-hydrogen) atoms. The van der Waals surface area contributed by atoms with Crippen LogP contribution in [-0.4, -0.2) is 29.3 Å². The van der Waals surface area contributed by atoms with Gasteiger partial charge in [0, 0.05) is 19.9 Å². The summed E-state index contributed by atoms with van der Waals surface area (Å²) in [5.41, 5.74) is 0. The van der Waals surface area contributed by atoms with E-state index >= 15 is 0 Å². The molecule has 5 nitrogen and oxygen atoms in total. The number of hydrogen-bond donors (Lipinski definition) is 1. The number of likely N-dealkylation sites (tertiary alicyclic amines) is 1. The number of amides is 2. The van der Waals surface area contributed by atoms with Crippen LogP contribution in [0.1, 0.15) is 64.0 Å². The number of furan rings is 1. The molecule has 1 aliphatic rings. The summed E-state index contributed by atoms with van der Waals surface area (Å²) in [7, 11) is 0. The third-order valence-electron chi connectivity index (χ3n) is 4.19. The van der Waals surface area contributed by atoms with Crippen molar-refractivity contribution < 1.29 is 14.0 Å². The van der Waals surface area contributed by atoms with Gasteiger partial charge in [-0.05, 0) is 31.9 Å². The highest BCUT2D eigenvalue weighted by atomic mass is 16.3. The van der Waals surface area contributed by atoms with Crippen LogP contribution in [0.25, 0.3) is 0 Å². The minimum atomic E-state index is -0.501. The highest BCUT2D eigenvalue weighted by Gasteiger charge is 2.31. The minimum absolute atomic E-state index is 0.0218. The topological polar surface area (TPSA) is 62.6 Å². The predicted molar refractivity (Wildman–Crippen MR) is 84.3 cm³/mol. The van der Waals surface area contributed by atoms with E-state index < -0.39 is 6.04 Å². The van der Waals surface area contributed by atoms with Gasteiger partial charge in [-0.3, -0.25) is 9.59 Å². The fourth-order valence-corrected chi connectivity index (χ4v) is 3.05. The first-order chi connectivity index (χ1) is 10.5. The van der Waals surface area contributed by atoms with E-state index in [2.05, 4.69) is 12.2 Å². The molecule has 5 heteroatoms. The quantitative estimate of drug-likeness (QED) is 0.930. The van der Waals surface area contributed by atoms with Gasteiger partial charge >= 0.3 is 0 Å². The molecule has 0 spiro atoms. The molecule has 2 atom stereocenters. The fourth-order valence-electron chi connectivity index (χ4n) is 3.05. The molecule has 1 aromatic rings. The molecule has 0 saturated carbocycles. The maximum atomic E-state index is 12.7. The highest BCUT2D eigenvalue weighted by Crippen LogP contribution is 2.31. The fraction of sp³-hybridized carbons (Fsp3) is 0.647. The van der Waals surface area contributed by atoms with E-state index in [9.17, 15) is 9.59 Å². The van der Waals surface area contributed by atoms with Gasteiger partial charge in [0.1, 0.15) is 17.6 Å². The van der Waals surface area contributed by atoms with Gasteiger partial charge in [0.2, 0.25) is 11.8 Å². The molecule has 2 rings (SSSR count). The van der Waals surface area contributed by atoms with E-state index in [0.29, 0.717) is 0 Å². The lowest BCUT2D eigenvalue weighted by molar-refractivity contribution is -0.138. The van der Waals surface area contributed by atoms with Gasteiger partial charge < -0.3 is 14.6 Å². The predicted octanol–water partition coefficient (Wildman–Crippen LogP) is 2.81. The molecule has 2 heterocycles. The molecule has 0 bridgehead atoms. The van der Waals surface area contributed by atoms with Gasteiger partial charge in [-0.2, -0.15) is 0 Å². The summed E-state index contributed by atoms with van der Waals surface area (Å²) in [4.78, 5) is 25.8. The van der Waals surface area contributed by atoms with Crippen molar-refractivity contribution in [3.05, 3.63) is 23.7 Å². The van der Waals surface area contributed by atoms with Crippen LogP contribution in [-0.2, 0) is 16.0 Å². The number of carbonyl (C=O) groups excluding carboxylic acids is 2. The standard InChI is InChI=1S/C17H26N2O3/c1-4-14-9-10-16(22-14)15-8-6-5-7-11-19(15)17(21)12(2)18-13(3)20/h9-10,12,15H,4-8,11H2,1-3H3,(H,18,20)/t12-,15-/m0/s1. The second-order valence-corrected chi connectivity index (χ2v) is 5.98. The van der Waals surface area contributed by atoms with Crippen LogP contribution in [0.15, 0.2) is 16.5 Å².